The van der Waals surface area contributed by atoms with E-state index in [1.54, 1.807) is 0 Å². The molecule has 4 nitrogen and oxygen atoms in total. The second-order valence-electron chi connectivity index (χ2n) is 7.75. The fourth-order valence-electron chi connectivity index (χ4n) is 4.04. The first kappa shape index (κ1) is 19.9. The van der Waals surface area contributed by atoms with Crippen LogP contribution in [-0.2, 0) is 9.59 Å². The smallest absolute Gasteiger partial charge is 0.236 e. The maximum atomic E-state index is 13.4. The summed E-state index contributed by atoms with van der Waals surface area (Å²) in [4.78, 5) is 27.6. The molecule has 30 heavy (non-hydrogen) atoms. The van der Waals surface area contributed by atoms with Crippen molar-refractivity contribution in [3.63, 3.8) is 0 Å². The number of amides is 2. The molecule has 1 heterocycles. The van der Waals surface area contributed by atoms with Crippen molar-refractivity contribution in [2.45, 2.75) is 32.1 Å². The van der Waals surface area contributed by atoms with Crippen LogP contribution in [0.4, 0.5) is 11.4 Å². The number of rotatable bonds is 5. The zero-order valence-corrected chi connectivity index (χ0v) is 17.2. The van der Waals surface area contributed by atoms with Gasteiger partial charge in [-0.15, -0.1) is 0 Å². The summed E-state index contributed by atoms with van der Waals surface area (Å²) in [5.41, 5.74) is 4.51. The van der Waals surface area contributed by atoms with Crippen LogP contribution in [-0.4, -0.2) is 18.4 Å². The van der Waals surface area contributed by atoms with E-state index in [2.05, 4.69) is 5.32 Å². The Morgan fingerprint density at radius 1 is 0.900 bits per heavy atom. The topological polar surface area (TPSA) is 49.4 Å². The fraction of sp³-hybridized carbons (Fsp3) is 0.231. The Morgan fingerprint density at radius 3 is 2.13 bits per heavy atom. The standard InChI is InChI=1S/C26H26N2O2/c1-19-15-16-22(18-23(19)28-17-9-8-14-24(28)29)27-26(30)25(20-10-4-2-5-11-20)21-12-6-3-7-13-21/h2-7,10-13,15-16,18,25H,8-9,14,17H2,1H3,(H,27,30). The monoisotopic (exact) mass is 398 g/mol. The summed E-state index contributed by atoms with van der Waals surface area (Å²) in [5, 5.41) is 3.08. The number of hydrogen-bond donors (Lipinski definition) is 1. The Bertz CT molecular complexity index is 992. The minimum absolute atomic E-state index is 0.0906. The first-order valence-electron chi connectivity index (χ1n) is 10.5. The van der Waals surface area contributed by atoms with E-state index in [4.69, 9.17) is 0 Å². The Balaban J connectivity index is 1.63. The lowest BCUT2D eigenvalue weighted by molar-refractivity contribution is -0.119. The van der Waals surface area contributed by atoms with Gasteiger partial charge in [-0.25, -0.2) is 0 Å². The number of anilines is 2. The normalized spacial score (nSPS) is 14.1. The SMILES string of the molecule is Cc1ccc(NC(=O)C(c2ccccc2)c2ccccc2)cc1N1CCCCC1=O. The molecule has 3 aromatic rings. The zero-order valence-electron chi connectivity index (χ0n) is 17.2. The molecule has 0 atom stereocenters. The van der Waals surface area contributed by atoms with Gasteiger partial charge in [0, 0.05) is 24.3 Å². The van der Waals surface area contributed by atoms with E-state index in [0.29, 0.717) is 12.1 Å². The fourth-order valence-corrected chi connectivity index (χ4v) is 4.04. The number of benzene rings is 3. The zero-order chi connectivity index (χ0) is 20.9. The minimum Gasteiger partial charge on any atom is -0.325 e. The van der Waals surface area contributed by atoms with Crippen molar-refractivity contribution in [1.82, 2.24) is 0 Å². The molecule has 3 aromatic carbocycles. The molecule has 1 saturated heterocycles. The molecule has 0 aliphatic carbocycles. The lowest BCUT2D eigenvalue weighted by atomic mass is 9.90. The highest BCUT2D eigenvalue weighted by atomic mass is 16.2. The van der Waals surface area contributed by atoms with Crippen LogP contribution in [0.5, 0.6) is 0 Å². The van der Waals surface area contributed by atoms with Crippen molar-refractivity contribution < 1.29 is 9.59 Å². The van der Waals surface area contributed by atoms with Crippen molar-refractivity contribution >= 4 is 23.2 Å². The van der Waals surface area contributed by atoms with Crippen LogP contribution < -0.4 is 10.2 Å². The highest BCUT2D eigenvalue weighted by Gasteiger charge is 2.24. The van der Waals surface area contributed by atoms with Crippen molar-refractivity contribution in [3.05, 3.63) is 95.6 Å². The van der Waals surface area contributed by atoms with Crippen LogP contribution in [0.25, 0.3) is 0 Å². The van der Waals surface area contributed by atoms with Crippen LogP contribution in [0, 0.1) is 6.92 Å². The van der Waals surface area contributed by atoms with Crippen LogP contribution in [0.15, 0.2) is 78.9 Å². The predicted molar refractivity (Wildman–Crippen MR) is 121 cm³/mol. The lowest BCUT2D eigenvalue weighted by Crippen LogP contribution is -2.35. The molecule has 0 radical (unpaired) electrons. The molecule has 152 valence electrons. The van der Waals surface area contributed by atoms with Crippen molar-refractivity contribution in [2.24, 2.45) is 0 Å². The van der Waals surface area contributed by atoms with Crippen molar-refractivity contribution in [1.29, 1.82) is 0 Å². The maximum absolute atomic E-state index is 13.4. The van der Waals surface area contributed by atoms with Crippen LogP contribution >= 0.6 is 0 Å². The summed E-state index contributed by atoms with van der Waals surface area (Å²) in [6.45, 7) is 2.73. The second kappa shape index (κ2) is 8.95. The van der Waals surface area contributed by atoms with Gasteiger partial charge in [-0.05, 0) is 48.6 Å². The average molecular weight is 399 g/mol. The maximum Gasteiger partial charge on any atom is 0.236 e. The third kappa shape index (κ3) is 4.28. The third-order valence-electron chi connectivity index (χ3n) is 5.62. The van der Waals surface area contributed by atoms with Gasteiger partial charge in [0.2, 0.25) is 11.8 Å². The van der Waals surface area contributed by atoms with Gasteiger partial charge in [-0.1, -0.05) is 66.7 Å². The third-order valence-corrected chi connectivity index (χ3v) is 5.62. The van der Waals surface area contributed by atoms with E-state index in [9.17, 15) is 9.59 Å². The highest BCUT2D eigenvalue weighted by Crippen LogP contribution is 2.30. The summed E-state index contributed by atoms with van der Waals surface area (Å²) in [6, 6.07) is 25.4. The van der Waals surface area contributed by atoms with E-state index in [-0.39, 0.29) is 11.8 Å². The summed E-state index contributed by atoms with van der Waals surface area (Å²) in [7, 11) is 0. The number of nitrogens with one attached hydrogen (secondary N) is 1. The molecule has 1 aliphatic heterocycles. The number of hydrogen-bond acceptors (Lipinski definition) is 2. The van der Waals surface area contributed by atoms with Crippen LogP contribution in [0.2, 0.25) is 0 Å². The highest BCUT2D eigenvalue weighted by molar-refractivity contribution is 6.00. The van der Waals surface area contributed by atoms with Crippen LogP contribution in [0.3, 0.4) is 0 Å². The largest absolute Gasteiger partial charge is 0.325 e. The average Bonchev–Trinajstić information content (AvgIpc) is 2.77. The number of piperidine rings is 1. The molecule has 0 bridgehead atoms. The predicted octanol–water partition coefficient (Wildman–Crippen LogP) is 5.28. The Morgan fingerprint density at radius 2 is 1.53 bits per heavy atom. The summed E-state index contributed by atoms with van der Waals surface area (Å²) < 4.78 is 0. The van der Waals surface area contributed by atoms with Gasteiger partial charge in [0.05, 0.1) is 5.92 Å². The number of aryl methyl sites for hydroxylation is 1. The van der Waals surface area contributed by atoms with Gasteiger partial charge in [0.15, 0.2) is 0 Å². The Kier molecular flexibility index (Phi) is 5.94. The lowest BCUT2D eigenvalue weighted by Gasteiger charge is -2.28. The van der Waals surface area contributed by atoms with Crippen molar-refractivity contribution in [3.8, 4) is 0 Å². The van der Waals surface area contributed by atoms with Crippen LogP contribution in [0.1, 0.15) is 41.9 Å². The molecular weight excluding hydrogens is 372 g/mol. The Hall–Kier alpha value is -3.40. The van der Waals surface area contributed by atoms with Gasteiger partial charge < -0.3 is 10.2 Å². The minimum atomic E-state index is -0.409. The second-order valence-corrected chi connectivity index (χ2v) is 7.75. The molecule has 0 saturated carbocycles. The molecular formula is C26H26N2O2. The molecule has 0 aromatic heterocycles. The van der Waals surface area contributed by atoms with Gasteiger partial charge >= 0.3 is 0 Å². The quantitative estimate of drug-likeness (QED) is 0.635. The summed E-state index contributed by atoms with van der Waals surface area (Å²) in [6.07, 6.45) is 2.53. The molecule has 1 aliphatic rings. The van der Waals surface area contributed by atoms with Crippen molar-refractivity contribution in [2.75, 3.05) is 16.8 Å². The molecule has 4 heteroatoms. The van der Waals surface area contributed by atoms with Gasteiger partial charge in [-0.3, -0.25) is 9.59 Å². The molecule has 1 fully saturated rings. The van der Waals surface area contributed by atoms with Gasteiger partial charge in [0.1, 0.15) is 0 Å². The number of carbonyl (C=O) groups excluding carboxylic acids is 2. The van der Waals surface area contributed by atoms with E-state index < -0.39 is 5.92 Å². The number of carbonyl (C=O) groups is 2. The molecule has 1 N–H and O–H groups in total. The molecule has 2 amide bonds. The van der Waals surface area contributed by atoms with E-state index in [1.807, 2.05) is 90.7 Å². The molecule has 0 spiro atoms. The summed E-state index contributed by atoms with van der Waals surface area (Å²) in [5.74, 6) is -0.347. The van der Waals surface area contributed by atoms with E-state index in [0.717, 1.165) is 41.8 Å². The molecule has 4 rings (SSSR count). The van der Waals surface area contributed by atoms with E-state index in [1.165, 1.54) is 0 Å². The number of nitrogens with zero attached hydrogens (tertiary/aromatic N) is 1. The first-order chi connectivity index (χ1) is 14.6. The van der Waals surface area contributed by atoms with Gasteiger partial charge in [0.25, 0.3) is 0 Å². The van der Waals surface area contributed by atoms with E-state index >= 15 is 0 Å². The summed E-state index contributed by atoms with van der Waals surface area (Å²) >= 11 is 0. The Labute approximate surface area is 177 Å². The molecule has 0 unspecified atom stereocenters. The van der Waals surface area contributed by atoms with Gasteiger partial charge in [-0.2, -0.15) is 0 Å². The first-order valence-corrected chi connectivity index (χ1v) is 10.5.